The molecule has 43 heavy (non-hydrogen) atoms. The van der Waals surface area contributed by atoms with E-state index in [1.54, 1.807) is 30.1 Å². The molecule has 4 aromatic rings. The van der Waals surface area contributed by atoms with Gasteiger partial charge in [-0.2, -0.15) is 0 Å². The maximum atomic E-state index is 13.3. The molecule has 0 aliphatic carbocycles. The van der Waals surface area contributed by atoms with Crippen LogP contribution in [0, 0.1) is 0 Å². The van der Waals surface area contributed by atoms with Crippen LogP contribution in [-0.2, 0) is 22.6 Å². The number of aryl methyl sites for hydroxylation is 1. The number of imidazole rings is 1. The van der Waals surface area contributed by atoms with Crippen LogP contribution in [0.2, 0.25) is 0 Å². The van der Waals surface area contributed by atoms with Crippen LogP contribution in [0.4, 0.5) is 11.6 Å². The van der Waals surface area contributed by atoms with Crippen LogP contribution in [0.15, 0.2) is 65.1 Å². The van der Waals surface area contributed by atoms with Crippen molar-refractivity contribution in [2.45, 2.75) is 32.4 Å². The number of anilines is 2. The minimum absolute atomic E-state index is 0.131. The van der Waals surface area contributed by atoms with E-state index in [0.717, 1.165) is 31.6 Å². The predicted molar refractivity (Wildman–Crippen MR) is 162 cm³/mol. The van der Waals surface area contributed by atoms with Gasteiger partial charge in [-0.3, -0.25) is 24.6 Å². The summed E-state index contributed by atoms with van der Waals surface area (Å²) < 4.78 is 13.3. The van der Waals surface area contributed by atoms with Crippen LogP contribution in [0.1, 0.15) is 45.9 Å². The van der Waals surface area contributed by atoms with Gasteiger partial charge >= 0.3 is 0 Å². The van der Waals surface area contributed by atoms with Crippen LogP contribution in [0.25, 0.3) is 11.0 Å². The quantitative estimate of drug-likeness (QED) is 0.300. The van der Waals surface area contributed by atoms with Crippen molar-refractivity contribution < 1.29 is 23.5 Å². The number of hydrogen-bond acceptors (Lipinski definition) is 7. The largest absolute Gasteiger partial charge is 0.455 e. The molecule has 4 heterocycles. The molecule has 0 unspecified atom stereocenters. The van der Waals surface area contributed by atoms with E-state index in [9.17, 15) is 14.4 Å². The lowest BCUT2D eigenvalue weighted by Gasteiger charge is -2.25. The first-order chi connectivity index (χ1) is 21.0. The van der Waals surface area contributed by atoms with Crippen LogP contribution < -0.4 is 10.2 Å². The standard InChI is InChI=1S/C32H36N6O5/c1-35(31(41)23-7-3-2-4-8-23)24-10-12-27-26(21-24)33-32(38(27)16-6-15-37-14-5-9-29(37)39)34-30(40)28-13-11-25(43-28)22-36-17-19-42-20-18-36/h2-4,7-8,10-13,21H,5-6,9,14-20,22H2,1H3,(H,33,34,40). The van der Waals surface area contributed by atoms with Crippen LogP contribution >= 0.6 is 0 Å². The Bertz CT molecular complexity index is 1610. The fourth-order valence-electron chi connectivity index (χ4n) is 5.63. The summed E-state index contributed by atoms with van der Waals surface area (Å²) in [6.45, 7) is 5.61. The Morgan fingerprint density at radius 2 is 1.81 bits per heavy atom. The summed E-state index contributed by atoms with van der Waals surface area (Å²) in [5, 5.41) is 2.94. The minimum atomic E-state index is -0.392. The van der Waals surface area contributed by atoms with Gasteiger partial charge in [0.15, 0.2) is 5.76 Å². The lowest BCUT2D eigenvalue weighted by molar-refractivity contribution is -0.127. The summed E-state index contributed by atoms with van der Waals surface area (Å²) in [5.41, 5.74) is 2.74. The Labute approximate surface area is 250 Å². The van der Waals surface area contributed by atoms with E-state index < -0.39 is 5.91 Å². The Morgan fingerprint density at radius 1 is 1.00 bits per heavy atom. The third-order valence-electron chi connectivity index (χ3n) is 8.02. The molecule has 3 amide bonds. The van der Waals surface area contributed by atoms with Crippen molar-refractivity contribution in [3.63, 3.8) is 0 Å². The molecule has 224 valence electrons. The number of nitrogens with one attached hydrogen (secondary N) is 1. The molecule has 2 fully saturated rings. The molecule has 2 saturated heterocycles. The second-order valence-corrected chi connectivity index (χ2v) is 10.9. The van der Waals surface area contributed by atoms with Crippen LogP contribution in [-0.4, -0.2) is 83.5 Å². The Hall–Kier alpha value is -4.48. The highest BCUT2D eigenvalue weighted by molar-refractivity contribution is 6.06. The van der Waals surface area contributed by atoms with Crippen molar-refractivity contribution in [1.29, 1.82) is 0 Å². The second-order valence-electron chi connectivity index (χ2n) is 10.9. The van der Waals surface area contributed by atoms with Crippen molar-refractivity contribution in [3.8, 4) is 0 Å². The first-order valence-electron chi connectivity index (χ1n) is 14.8. The number of morpholine rings is 1. The zero-order valence-electron chi connectivity index (χ0n) is 24.3. The van der Waals surface area contributed by atoms with E-state index in [1.165, 1.54) is 0 Å². The van der Waals surface area contributed by atoms with Crippen LogP contribution in [0.3, 0.4) is 0 Å². The summed E-state index contributed by atoms with van der Waals surface area (Å²) >= 11 is 0. The lowest BCUT2D eigenvalue weighted by atomic mass is 10.2. The summed E-state index contributed by atoms with van der Waals surface area (Å²) in [5.74, 6) is 0.966. The highest BCUT2D eigenvalue weighted by Gasteiger charge is 2.22. The van der Waals surface area contributed by atoms with Crippen molar-refractivity contribution >= 4 is 40.4 Å². The van der Waals surface area contributed by atoms with Gasteiger partial charge < -0.3 is 23.5 Å². The molecule has 11 nitrogen and oxygen atoms in total. The molecule has 2 aromatic heterocycles. The average Bonchev–Trinajstić information content (AvgIpc) is 3.76. The zero-order valence-corrected chi connectivity index (χ0v) is 24.3. The molecular weight excluding hydrogens is 548 g/mol. The number of nitrogens with zero attached hydrogens (tertiary/aromatic N) is 5. The number of amides is 3. The molecular formula is C32H36N6O5. The normalized spacial score (nSPS) is 15.7. The van der Waals surface area contributed by atoms with Gasteiger partial charge in [0.05, 0.1) is 30.8 Å². The third kappa shape index (κ3) is 6.47. The van der Waals surface area contributed by atoms with Gasteiger partial charge in [0.2, 0.25) is 11.9 Å². The molecule has 11 heteroatoms. The van der Waals surface area contributed by atoms with Gasteiger partial charge in [0.25, 0.3) is 11.8 Å². The van der Waals surface area contributed by atoms with E-state index in [2.05, 4.69) is 10.2 Å². The zero-order chi connectivity index (χ0) is 29.8. The maximum absolute atomic E-state index is 13.3. The number of benzene rings is 2. The monoisotopic (exact) mass is 584 g/mol. The molecule has 6 rings (SSSR count). The van der Waals surface area contributed by atoms with E-state index in [1.807, 2.05) is 51.9 Å². The van der Waals surface area contributed by atoms with E-state index in [4.69, 9.17) is 14.1 Å². The van der Waals surface area contributed by atoms with Crippen molar-refractivity contribution in [3.05, 3.63) is 77.7 Å². The molecule has 1 N–H and O–H groups in total. The summed E-state index contributed by atoms with van der Waals surface area (Å²) in [6, 6.07) is 18.3. The number of ether oxygens (including phenoxy) is 1. The number of rotatable bonds is 10. The van der Waals surface area contributed by atoms with Crippen molar-refractivity contribution in [2.75, 3.05) is 56.7 Å². The van der Waals surface area contributed by atoms with E-state index in [0.29, 0.717) is 74.2 Å². The summed E-state index contributed by atoms with van der Waals surface area (Å²) in [7, 11) is 1.73. The first-order valence-corrected chi connectivity index (χ1v) is 14.8. The fourth-order valence-corrected chi connectivity index (χ4v) is 5.63. The first kappa shape index (κ1) is 28.6. The Balaban J connectivity index is 1.23. The Morgan fingerprint density at radius 3 is 2.58 bits per heavy atom. The predicted octanol–water partition coefficient (Wildman–Crippen LogP) is 4.00. The van der Waals surface area contributed by atoms with Gasteiger partial charge in [-0.25, -0.2) is 4.98 Å². The van der Waals surface area contributed by atoms with Gasteiger partial charge in [-0.15, -0.1) is 0 Å². The molecule has 2 aliphatic rings. The summed E-state index contributed by atoms with van der Waals surface area (Å²) in [4.78, 5) is 49.0. The molecule has 0 atom stereocenters. The number of aromatic nitrogens is 2. The summed E-state index contributed by atoms with van der Waals surface area (Å²) in [6.07, 6.45) is 2.20. The number of carbonyl (C=O) groups excluding carboxylic acids is 3. The van der Waals surface area contributed by atoms with E-state index >= 15 is 0 Å². The van der Waals surface area contributed by atoms with Gasteiger partial charge in [0.1, 0.15) is 5.76 Å². The smallest absolute Gasteiger partial charge is 0.293 e. The number of fused-ring (bicyclic) bond motifs is 1. The average molecular weight is 585 g/mol. The van der Waals surface area contributed by atoms with Gasteiger partial charge in [-0.1, -0.05) is 18.2 Å². The number of carbonyl (C=O) groups is 3. The number of furan rings is 1. The molecule has 0 saturated carbocycles. The van der Waals surface area contributed by atoms with Crippen molar-refractivity contribution in [1.82, 2.24) is 19.4 Å². The molecule has 0 bridgehead atoms. The highest BCUT2D eigenvalue weighted by Crippen LogP contribution is 2.27. The minimum Gasteiger partial charge on any atom is -0.455 e. The van der Waals surface area contributed by atoms with Gasteiger partial charge in [0, 0.05) is 57.4 Å². The van der Waals surface area contributed by atoms with Crippen LogP contribution in [0.5, 0.6) is 0 Å². The Kier molecular flexibility index (Phi) is 8.52. The highest BCUT2D eigenvalue weighted by atomic mass is 16.5. The maximum Gasteiger partial charge on any atom is 0.293 e. The SMILES string of the molecule is CN(C(=O)c1ccccc1)c1ccc2c(c1)nc(NC(=O)c1ccc(CN3CCOCC3)o1)n2CCCN1CCCC1=O. The van der Waals surface area contributed by atoms with E-state index in [-0.39, 0.29) is 17.6 Å². The third-order valence-corrected chi connectivity index (χ3v) is 8.02. The molecule has 2 aromatic carbocycles. The van der Waals surface area contributed by atoms with Crippen molar-refractivity contribution in [2.24, 2.45) is 0 Å². The molecule has 2 aliphatic heterocycles. The topological polar surface area (TPSA) is 113 Å². The fraction of sp³-hybridized carbons (Fsp3) is 0.375. The second kappa shape index (κ2) is 12.8. The number of hydrogen-bond donors (Lipinski definition) is 1. The number of likely N-dealkylation sites (tertiary alicyclic amines) is 1. The molecule has 0 spiro atoms. The van der Waals surface area contributed by atoms with Gasteiger partial charge in [-0.05, 0) is 55.3 Å². The molecule has 0 radical (unpaired) electrons. The lowest BCUT2D eigenvalue weighted by Crippen LogP contribution is -2.35.